The second-order valence-corrected chi connectivity index (χ2v) is 2.62. The van der Waals surface area contributed by atoms with Crippen molar-refractivity contribution in [3.05, 3.63) is 10.8 Å². The standard InChI is InChI=1S/C3H4N2S3/c6-2-1-5(8)4-3(2)7/h1,6,8H,(H,4,7). The average Bonchev–Trinajstić information content (AvgIpc) is 1.85. The van der Waals surface area contributed by atoms with E-state index in [0.29, 0.717) is 4.64 Å². The lowest BCUT2D eigenvalue weighted by molar-refractivity contribution is 1.01. The van der Waals surface area contributed by atoms with Crippen LogP contribution in [0, 0.1) is 4.64 Å². The predicted octanol–water partition coefficient (Wildman–Crippen LogP) is 1.53. The number of nitrogens with zero attached hydrogens (tertiary/aromatic N) is 1. The summed E-state index contributed by atoms with van der Waals surface area (Å²) in [5.74, 6) is 0. The number of rotatable bonds is 0. The van der Waals surface area contributed by atoms with Crippen LogP contribution < -0.4 is 0 Å². The Morgan fingerprint density at radius 1 is 1.75 bits per heavy atom. The molecule has 5 heteroatoms. The van der Waals surface area contributed by atoms with Gasteiger partial charge in [0.25, 0.3) is 0 Å². The first-order valence-corrected chi connectivity index (χ1v) is 3.15. The SMILES string of the molecule is S=c1[nH]n(S)cc1S. The molecule has 1 heterocycles. The molecule has 0 radical (unpaired) electrons. The van der Waals surface area contributed by atoms with Gasteiger partial charge >= 0.3 is 0 Å². The lowest BCUT2D eigenvalue weighted by Crippen LogP contribution is -1.75. The van der Waals surface area contributed by atoms with Gasteiger partial charge in [0, 0.05) is 0 Å². The van der Waals surface area contributed by atoms with Gasteiger partial charge < -0.3 is 0 Å². The van der Waals surface area contributed by atoms with Crippen LogP contribution in [0.25, 0.3) is 0 Å². The van der Waals surface area contributed by atoms with Crippen LogP contribution in [0.2, 0.25) is 0 Å². The highest BCUT2D eigenvalue weighted by Gasteiger charge is 1.88. The van der Waals surface area contributed by atoms with E-state index in [9.17, 15) is 0 Å². The van der Waals surface area contributed by atoms with Gasteiger partial charge in [-0.1, -0.05) is 12.2 Å². The first-order chi connectivity index (χ1) is 3.70. The maximum absolute atomic E-state index is 4.77. The van der Waals surface area contributed by atoms with E-state index in [4.69, 9.17) is 12.2 Å². The number of hydrogen-bond acceptors (Lipinski definition) is 3. The van der Waals surface area contributed by atoms with E-state index in [0.717, 1.165) is 4.90 Å². The Balaban J connectivity index is 3.35. The fourth-order valence-corrected chi connectivity index (χ4v) is 1.06. The fraction of sp³-hybridized carbons (Fsp3) is 0. The molecule has 1 rings (SSSR count). The summed E-state index contributed by atoms with van der Waals surface area (Å²) in [4.78, 5) is 0.745. The molecule has 0 fully saturated rings. The van der Waals surface area contributed by atoms with Crippen LogP contribution >= 0.6 is 37.7 Å². The van der Waals surface area contributed by atoms with Crippen molar-refractivity contribution in [2.75, 3.05) is 0 Å². The summed E-state index contributed by atoms with van der Waals surface area (Å²) < 4.78 is 2.08. The maximum Gasteiger partial charge on any atom is 0.133 e. The van der Waals surface area contributed by atoms with Gasteiger partial charge in [-0.25, -0.2) is 4.09 Å². The summed E-state index contributed by atoms with van der Waals surface area (Å²) in [5.41, 5.74) is 0. The summed E-state index contributed by atoms with van der Waals surface area (Å²) in [6, 6.07) is 0. The van der Waals surface area contributed by atoms with Crippen LogP contribution in [-0.4, -0.2) is 9.19 Å². The number of nitrogens with one attached hydrogen (secondary N) is 1. The van der Waals surface area contributed by atoms with E-state index in [2.05, 4.69) is 30.5 Å². The Morgan fingerprint density at radius 2 is 2.38 bits per heavy atom. The molecule has 0 unspecified atom stereocenters. The summed E-state index contributed by atoms with van der Waals surface area (Å²) in [6.07, 6.45) is 1.69. The molecule has 0 spiro atoms. The first-order valence-electron chi connectivity index (χ1n) is 1.90. The van der Waals surface area contributed by atoms with E-state index in [1.54, 1.807) is 6.20 Å². The van der Waals surface area contributed by atoms with Crippen molar-refractivity contribution >= 4 is 37.7 Å². The summed E-state index contributed by atoms with van der Waals surface area (Å²) in [6.45, 7) is 0. The quantitative estimate of drug-likeness (QED) is 0.392. The minimum absolute atomic E-state index is 0.614. The first kappa shape index (κ1) is 6.25. The third kappa shape index (κ3) is 1.10. The molecular weight excluding hydrogens is 160 g/mol. The molecule has 8 heavy (non-hydrogen) atoms. The molecule has 0 aliphatic carbocycles. The molecule has 0 amide bonds. The molecule has 1 aromatic rings. The number of aromatic amines is 1. The van der Waals surface area contributed by atoms with Crippen LogP contribution in [0.5, 0.6) is 0 Å². The van der Waals surface area contributed by atoms with Crippen LogP contribution in [0.15, 0.2) is 11.1 Å². The third-order valence-electron chi connectivity index (χ3n) is 0.693. The van der Waals surface area contributed by atoms with Gasteiger partial charge in [0.2, 0.25) is 0 Å². The molecule has 0 atom stereocenters. The zero-order chi connectivity index (χ0) is 6.15. The van der Waals surface area contributed by atoms with Crippen molar-refractivity contribution in [1.82, 2.24) is 9.19 Å². The summed E-state index contributed by atoms with van der Waals surface area (Å²) in [7, 11) is 0. The summed E-state index contributed by atoms with van der Waals surface area (Å²) >= 11 is 12.7. The zero-order valence-corrected chi connectivity index (χ0v) is 6.43. The van der Waals surface area contributed by atoms with Gasteiger partial charge in [-0.05, 0) is 12.8 Å². The highest BCUT2D eigenvalue weighted by atomic mass is 32.1. The van der Waals surface area contributed by atoms with Crippen molar-refractivity contribution < 1.29 is 0 Å². The van der Waals surface area contributed by atoms with Crippen LogP contribution in [0.3, 0.4) is 0 Å². The third-order valence-corrected chi connectivity index (χ3v) is 1.71. The normalized spacial score (nSPS) is 9.75. The van der Waals surface area contributed by atoms with Crippen molar-refractivity contribution in [3.8, 4) is 0 Å². The topological polar surface area (TPSA) is 20.7 Å². The van der Waals surface area contributed by atoms with Gasteiger partial charge in [0.1, 0.15) is 4.64 Å². The van der Waals surface area contributed by atoms with Crippen LogP contribution in [-0.2, 0) is 0 Å². The molecule has 44 valence electrons. The minimum Gasteiger partial charge on any atom is -0.278 e. The monoisotopic (exact) mass is 164 g/mol. The Labute approximate surface area is 62.8 Å². The van der Waals surface area contributed by atoms with Crippen LogP contribution in [0.1, 0.15) is 0 Å². The van der Waals surface area contributed by atoms with Crippen molar-refractivity contribution in [2.45, 2.75) is 4.90 Å². The van der Waals surface area contributed by atoms with E-state index >= 15 is 0 Å². The number of thiol groups is 2. The molecule has 0 saturated carbocycles. The Bertz CT molecular complexity index is 235. The molecule has 0 saturated heterocycles. The molecule has 0 aliphatic rings. The molecule has 1 aromatic heterocycles. The van der Waals surface area contributed by atoms with Gasteiger partial charge in [-0.3, -0.25) is 5.10 Å². The highest BCUT2D eigenvalue weighted by Crippen LogP contribution is 2.05. The lowest BCUT2D eigenvalue weighted by Gasteiger charge is -1.79. The van der Waals surface area contributed by atoms with E-state index in [1.807, 2.05) is 0 Å². The minimum atomic E-state index is 0.614. The van der Waals surface area contributed by atoms with Gasteiger partial charge in [-0.15, -0.1) is 12.6 Å². The van der Waals surface area contributed by atoms with Gasteiger partial charge in [0.05, 0.1) is 11.1 Å². The molecular formula is C3H4N2S3. The average molecular weight is 164 g/mol. The second-order valence-electron chi connectivity index (χ2n) is 1.30. The van der Waals surface area contributed by atoms with Crippen molar-refractivity contribution in [2.24, 2.45) is 0 Å². The number of aromatic nitrogens is 2. The number of hydrogen-bond donors (Lipinski definition) is 3. The Hall–Kier alpha value is 0.130. The van der Waals surface area contributed by atoms with Crippen LogP contribution in [0.4, 0.5) is 0 Å². The largest absolute Gasteiger partial charge is 0.278 e. The molecule has 2 nitrogen and oxygen atoms in total. The zero-order valence-electron chi connectivity index (χ0n) is 3.83. The molecule has 0 aromatic carbocycles. The molecule has 0 aliphatic heterocycles. The van der Waals surface area contributed by atoms with E-state index in [-0.39, 0.29) is 0 Å². The van der Waals surface area contributed by atoms with E-state index in [1.165, 1.54) is 4.09 Å². The maximum atomic E-state index is 4.77. The molecule has 0 bridgehead atoms. The highest BCUT2D eigenvalue weighted by molar-refractivity contribution is 7.81. The number of H-pyrrole nitrogens is 1. The molecule has 1 N–H and O–H groups in total. The summed E-state index contributed by atoms with van der Waals surface area (Å²) in [5, 5.41) is 2.73. The Morgan fingerprint density at radius 3 is 2.50 bits per heavy atom. The fourth-order valence-electron chi connectivity index (χ4n) is 0.368. The smallest absolute Gasteiger partial charge is 0.133 e. The predicted molar refractivity (Wildman–Crippen MR) is 41.3 cm³/mol. The van der Waals surface area contributed by atoms with Crippen molar-refractivity contribution in [3.63, 3.8) is 0 Å². The lowest BCUT2D eigenvalue weighted by atomic mass is 10.7. The van der Waals surface area contributed by atoms with E-state index < -0.39 is 0 Å². The van der Waals surface area contributed by atoms with Gasteiger partial charge in [-0.2, -0.15) is 0 Å². The van der Waals surface area contributed by atoms with Gasteiger partial charge in [0.15, 0.2) is 0 Å². The van der Waals surface area contributed by atoms with Crippen molar-refractivity contribution in [1.29, 1.82) is 0 Å². The Kier molecular flexibility index (Phi) is 1.69. The second kappa shape index (κ2) is 2.16.